The Kier molecular flexibility index (Phi) is 4.39. The highest BCUT2D eigenvalue weighted by Crippen LogP contribution is 2.12. The van der Waals surface area contributed by atoms with Gasteiger partial charge in [0.15, 0.2) is 0 Å². The Morgan fingerprint density at radius 2 is 2.21 bits per heavy atom. The Hall–Kier alpha value is -0.570. The highest BCUT2D eigenvalue weighted by molar-refractivity contribution is 6.30. The van der Waals surface area contributed by atoms with E-state index in [2.05, 4.69) is 4.90 Å². The van der Waals surface area contributed by atoms with Crippen molar-refractivity contribution in [2.24, 2.45) is 0 Å². The summed E-state index contributed by atoms with van der Waals surface area (Å²) in [6.07, 6.45) is -0.292. The summed E-state index contributed by atoms with van der Waals surface area (Å²) in [7, 11) is 1.98. The third kappa shape index (κ3) is 4.09. The summed E-state index contributed by atoms with van der Waals surface area (Å²) < 4.78 is 0. The van der Waals surface area contributed by atoms with E-state index in [1.807, 2.05) is 31.3 Å². The van der Waals surface area contributed by atoms with Crippen molar-refractivity contribution in [1.29, 1.82) is 0 Å². The molecule has 2 nitrogen and oxygen atoms in total. The molecule has 0 aliphatic carbocycles. The van der Waals surface area contributed by atoms with Gasteiger partial charge in [0.05, 0.1) is 6.10 Å². The molecule has 1 aromatic carbocycles. The lowest BCUT2D eigenvalue weighted by atomic mass is 10.2. The number of halogens is 1. The molecule has 78 valence electrons. The van der Waals surface area contributed by atoms with E-state index >= 15 is 0 Å². The molecule has 0 radical (unpaired) electrons. The maximum atomic E-state index is 9.19. The van der Waals surface area contributed by atoms with Crippen molar-refractivity contribution in [2.75, 3.05) is 13.6 Å². The second-order valence-corrected chi connectivity index (χ2v) is 4.11. The first-order chi connectivity index (χ1) is 6.58. The minimum atomic E-state index is -0.292. The fraction of sp³-hybridized carbons (Fsp3) is 0.455. The first-order valence-corrected chi connectivity index (χ1v) is 5.07. The molecule has 1 rings (SSSR count). The Bertz CT molecular complexity index is 288. The van der Waals surface area contributed by atoms with E-state index < -0.39 is 0 Å². The zero-order valence-electron chi connectivity index (χ0n) is 8.57. The highest BCUT2D eigenvalue weighted by atomic mass is 35.5. The quantitative estimate of drug-likeness (QED) is 0.829. The lowest BCUT2D eigenvalue weighted by Gasteiger charge is -2.18. The Morgan fingerprint density at radius 1 is 1.50 bits per heavy atom. The standard InChI is InChI=1S/C11H16ClNO/c1-9(14)7-13(2)8-10-4-3-5-11(12)6-10/h3-6,9,14H,7-8H2,1-2H3/t9-/m1/s1. The maximum absolute atomic E-state index is 9.19. The summed E-state index contributed by atoms with van der Waals surface area (Å²) in [6, 6.07) is 7.78. The van der Waals surface area contributed by atoms with Crippen LogP contribution in [-0.4, -0.2) is 29.7 Å². The van der Waals surface area contributed by atoms with Crippen LogP contribution >= 0.6 is 11.6 Å². The predicted octanol–water partition coefficient (Wildman–Crippen LogP) is 2.15. The molecule has 0 spiro atoms. The Balaban J connectivity index is 2.51. The molecular formula is C11H16ClNO. The van der Waals surface area contributed by atoms with E-state index in [4.69, 9.17) is 11.6 Å². The molecule has 14 heavy (non-hydrogen) atoms. The summed E-state index contributed by atoms with van der Waals surface area (Å²) in [4.78, 5) is 2.07. The second kappa shape index (κ2) is 5.35. The van der Waals surface area contributed by atoms with Gasteiger partial charge >= 0.3 is 0 Å². The van der Waals surface area contributed by atoms with E-state index in [1.54, 1.807) is 6.92 Å². The van der Waals surface area contributed by atoms with Crippen LogP contribution in [0.1, 0.15) is 12.5 Å². The van der Waals surface area contributed by atoms with Crippen molar-refractivity contribution >= 4 is 11.6 Å². The molecule has 0 aliphatic heterocycles. The van der Waals surface area contributed by atoms with E-state index in [-0.39, 0.29) is 6.10 Å². The Labute approximate surface area is 90.1 Å². The number of hydrogen-bond donors (Lipinski definition) is 1. The van der Waals surface area contributed by atoms with Crippen molar-refractivity contribution in [2.45, 2.75) is 19.6 Å². The van der Waals surface area contributed by atoms with Crippen LogP contribution in [0, 0.1) is 0 Å². The van der Waals surface area contributed by atoms with Gasteiger partial charge in [-0.1, -0.05) is 23.7 Å². The molecule has 0 heterocycles. The number of aliphatic hydroxyl groups excluding tert-OH is 1. The zero-order chi connectivity index (χ0) is 10.6. The van der Waals surface area contributed by atoms with Crippen LogP contribution in [0.15, 0.2) is 24.3 Å². The van der Waals surface area contributed by atoms with Crippen LogP contribution in [-0.2, 0) is 6.54 Å². The van der Waals surface area contributed by atoms with Gasteiger partial charge < -0.3 is 5.11 Å². The van der Waals surface area contributed by atoms with E-state index in [0.29, 0.717) is 6.54 Å². The third-order valence-corrected chi connectivity index (χ3v) is 2.15. The SMILES string of the molecule is C[C@@H](O)CN(C)Cc1cccc(Cl)c1. The number of hydrogen-bond acceptors (Lipinski definition) is 2. The van der Waals surface area contributed by atoms with Gasteiger partial charge in [-0.3, -0.25) is 4.90 Å². The number of likely N-dealkylation sites (N-methyl/N-ethyl adjacent to an activating group) is 1. The maximum Gasteiger partial charge on any atom is 0.0639 e. The topological polar surface area (TPSA) is 23.5 Å². The zero-order valence-corrected chi connectivity index (χ0v) is 9.33. The van der Waals surface area contributed by atoms with Gasteiger partial charge in [0, 0.05) is 18.1 Å². The Morgan fingerprint density at radius 3 is 2.79 bits per heavy atom. The van der Waals surface area contributed by atoms with Gasteiger partial charge in [0.2, 0.25) is 0 Å². The summed E-state index contributed by atoms with van der Waals surface area (Å²) in [5, 5.41) is 9.95. The lowest BCUT2D eigenvalue weighted by Crippen LogP contribution is -2.26. The monoisotopic (exact) mass is 213 g/mol. The molecule has 0 aliphatic rings. The summed E-state index contributed by atoms with van der Waals surface area (Å²) in [6.45, 7) is 3.27. The van der Waals surface area contributed by atoms with Crippen molar-refractivity contribution in [3.8, 4) is 0 Å². The van der Waals surface area contributed by atoms with Crippen LogP contribution in [0.4, 0.5) is 0 Å². The van der Waals surface area contributed by atoms with Crippen molar-refractivity contribution < 1.29 is 5.11 Å². The molecule has 1 N–H and O–H groups in total. The summed E-state index contributed by atoms with van der Waals surface area (Å²) in [5.41, 5.74) is 1.17. The van der Waals surface area contributed by atoms with Crippen LogP contribution in [0.3, 0.4) is 0 Å². The summed E-state index contributed by atoms with van der Waals surface area (Å²) >= 11 is 5.87. The summed E-state index contributed by atoms with van der Waals surface area (Å²) in [5.74, 6) is 0. The van der Waals surface area contributed by atoms with Gasteiger partial charge in [-0.25, -0.2) is 0 Å². The lowest BCUT2D eigenvalue weighted by molar-refractivity contribution is 0.138. The van der Waals surface area contributed by atoms with Gasteiger partial charge in [-0.15, -0.1) is 0 Å². The largest absolute Gasteiger partial charge is 0.392 e. The van der Waals surface area contributed by atoms with Crippen LogP contribution in [0.5, 0.6) is 0 Å². The number of nitrogens with zero attached hydrogens (tertiary/aromatic N) is 1. The molecule has 1 aromatic rings. The molecular weight excluding hydrogens is 198 g/mol. The molecule has 0 saturated heterocycles. The molecule has 0 fully saturated rings. The minimum absolute atomic E-state index is 0.292. The van der Waals surface area contributed by atoms with Crippen LogP contribution in [0.25, 0.3) is 0 Å². The van der Waals surface area contributed by atoms with Crippen molar-refractivity contribution in [3.63, 3.8) is 0 Å². The van der Waals surface area contributed by atoms with Crippen LogP contribution in [0.2, 0.25) is 5.02 Å². The average Bonchev–Trinajstić information content (AvgIpc) is 2.01. The third-order valence-electron chi connectivity index (χ3n) is 1.92. The first-order valence-electron chi connectivity index (χ1n) is 4.69. The van der Waals surface area contributed by atoms with Gasteiger partial charge in [-0.05, 0) is 31.7 Å². The molecule has 0 aromatic heterocycles. The molecule has 1 atom stereocenters. The number of benzene rings is 1. The van der Waals surface area contributed by atoms with Gasteiger partial charge in [0.1, 0.15) is 0 Å². The van der Waals surface area contributed by atoms with Crippen molar-refractivity contribution in [1.82, 2.24) is 4.90 Å². The molecule has 3 heteroatoms. The minimum Gasteiger partial charge on any atom is -0.392 e. The van der Waals surface area contributed by atoms with Gasteiger partial charge in [0.25, 0.3) is 0 Å². The second-order valence-electron chi connectivity index (χ2n) is 3.68. The first kappa shape index (κ1) is 11.5. The van der Waals surface area contributed by atoms with E-state index in [9.17, 15) is 5.11 Å². The smallest absolute Gasteiger partial charge is 0.0639 e. The normalized spacial score (nSPS) is 13.2. The molecule has 0 unspecified atom stereocenters. The predicted molar refractivity (Wildman–Crippen MR) is 59.5 cm³/mol. The van der Waals surface area contributed by atoms with Crippen LogP contribution < -0.4 is 0 Å². The molecule has 0 saturated carbocycles. The van der Waals surface area contributed by atoms with E-state index in [1.165, 1.54) is 5.56 Å². The van der Waals surface area contributed by atoms with Gasteiger partial charge in [-0.2, -0.15) is 0 Å². The molecule has 0 amide bonds. The number of aliphatic hydroxyl groups is 1. The van der Waals surface area contributed by atoms with E-state index in [0.717, 1.165) is 11.6 Å². The average molecular weight is 214 g/mol. The van der Waals surface area contributed by atoms with Crippen molar-refractivity contribution in [3.05, 3.63) is 34.9 Å². The fourth-order valence-corrected chi connectivity index (χ4v) is 1.68. The number of rotatable bonds is 4. The fourth-order valence-electron chi connectivity index (χ4n) is 1.46. The highest BCUT2D eigenvalue weighted by Gasteiger charge is 2.03. The molecule has 0 bridgehead atoms.